The Morgan fingerprint density at radius 1 is 1.12 bits per heavy atom. The third-order valence-electron chi connectivity index (χ3n) is 3.61. The van der Waals surface area contributed by atoms with E-state index in [0.717, 1.165) is 11.5 Å². The van der Waals surface area contributed by atoms with Crippen molar-refractivity contribution in [1.82, 2.24) is 14.6 Å². The Labute approximate surface area is 148 Å². The van der Waals surface area contributed by atoms with Crippen LogP contribution in [-0.2, 0) is 15.9 Å². The summed E-state index contributed by atoms with van der Waals surface area (Å²) in [6, 6.07) is 0. The van der Waals surface area contributed by atoms with Crippen molar-refractivity contribution in [2.24, 2.45) is 0 Å². The van der Waals surface area contributed by atoms with E-state index in [1.54, 1.807) is 20.8 Å². The molecule has 0 aromatic carbocycles. The van der Waals surface area contributed by atoms with E-state index in [4.69, 9.17) is 9.47 Å². The molecule has 8 nitrogen and oxygen atoms in total. The van der Waals surface area contributed by atoms with Gasteiger partial charge in [-0.05, 0) is 44.3 Å². The molecule has 0 spiro atoms. The van der Waals surface area contributed by atoms with Gasteiger partial charge >= 0.3 is 11.9 Å². The lowest BCUT2D eigenvalue weighted by Crippen LogP contribution is -2.16. The molecular formula is C16H19N3O5S. The first kappa shape index (κ1) is 18.8. The maximum atomic E-state index is 12.4. The first-order chi connectivity index (χ1) is 11.9. The molecule has 2 rings (SSSR count). The number of carbonyl (C=O) groups excluding carboxylic acids is 3. The van der Waals surface area contributed by atoms with Crippen molar-refractivity contribution in [3.05, 3.63) is 33.1 Å². The summed E-state index contributed by atoms with van der Waals surface area (Å²) in [7, 11) is 0. The van der Waals surface area contributed by atoms with Crippen LogP contribution in [0.15, 0.2) is 0 Å². The molecule has 0 unspecified atom stereocenters. The predicted octanol–water partition coefficient (Wildman–Crippen LogP) is 2.26. The van der Waals surface area contributed by atoms with E-state index in [2.05, 4.69) is 14.6 Å². The van der Waals surface area contributed by atoms with Crippen molar-refractivity contribution in [2.75, 3.05) is 13.2 Å². The molecule has 0 radical (unpaired) electrons. The van der Waals surface area contributed by atoms with Gasteiger partial charge in [0.1, 0.15) is 0 Å². The van der Waals surface area contributed by atoms with Crippen LogP contribution in [0.2, 0.25) is 0 Å². The van der Waals surface area contributed by atoms with Crippen molar-refractivity contribution in [2.45, 2.75) is 34.1 Å². The molecule has 0 bridgehead atoms. The lowest BCUT2D eigenvalue weighted by Gasteiger charge is -2.04. The molecule has 0 saturated carbocycles. The minimum Gasteiger partial charge on any atom is -0.462 e. The molecule has 0 fully saturated rings. The van der Waals surface area contributed by atoms with Crippen LogP contribution in [0, 0.1) is 13.8 Å². The zero-order valence-corrected chi connectivity index (χ0v) is 15.3. The molecule has 0 aliphatic rings. The maximum Gasteiger partial charge on any atom is 0.352 e. The SMILES string of the molecule is CCOC(=O)c1c(C)[nH]c(C(=O)COC(=O)c2snnc2CC)c1C. The molecule has 2 aromatic heterocycles. The van der Waals surface area contributed by atoms with Crippen molar-refractivity contribution >= 4 is 29.3 Å². The molecule has 0 saturated heterocycles. The number of nitrogens with zero attached hydrogens (tertiary/aromatic N) is 2. The molecule has 0 aliphatic carbocycles. The average Bonchev–Trinajstić information content (AvgIpc) is 3.16. The number of hydrogen-bond acceptors (Lipinski definition) is 8. The Kier molecular flexibility index (Phi) is 6.02. The molecule has 25 heavy (non-hydrogen) atoms. The Hall–Kier alpha value is -2.55. The Balaban J connectivity index is 2.10. The van der Waals surface area contributed by atoms with Crippen molar-refractivity contribution in [1.29, 1.82) is 0 Å². The molecule has 0 amide bonds. The number of nitrogens with one attached hydrogen (secondary N) is 1. The molecular weight excluding hydrogens is 346 g/mol. The number of hydrogen-bond donors (Lipinski definition) is 1. The van der Waals surface area contributed by atoms with Crippen LogP contribution in [0.1, 0.15) is 61.3 Å². The van der Waals surface area contributed by atoms with E-state index >= 15 is 0 Å². The first-order valence-electron chi connectivity index (χ1n) is 7.78. The minimum absolute atomic E-state index is 0.228. The average molecular weight is 365 g/mol. The number of carbonyl (C=O) groups is 3. The number of aromatic nitrogens is 3. The van der Waals surface area contributed by atoms with E-state index in [9.17, 15) is 14.4 Å². The minimum atomic E-state index is -0.633. The molecule has 0 atom stereocenters. The number of rotatable bonds is 7. The highest BCUT2D eigenvalue weighted by Crippen LogP contribution is 2.20. The summed E-state index contributed by atoms with van der Waals surface area (Å²) >= 11 is 0.933. The van der Waals surface area contributed by atoms with Gasteiger partial charge in [0, 0.05) is 5.69 Å². The molecule has 2 heterocycles. The monoisotopic (exact) mass is 365 g/mol. The molecule has 9 heteroatoms. The maximum absolute atomic E-state index is 12.4. The topological polar surface area (TPSA) is 111 Å². The van der Waals surface area contributed by atoms with Gasteiger partial charge in [-0.1, -0.05) is 11.4 Å². The lowest BCUT2D eigenvalue weighted by atomic mass is 10.1. The number of ether oxygens (including phenoxy) is 2. The number of ketones is 1. The van der Waals surface area contributed by atoms with Crippen molar-refractivity contribution < 1.29 is 23.9 Å². The van der Waals surface area contributed by atoms with Crippen LogP contribution in [-0.4, -0.2) is 45.5 Å². The fourth-order valence-electron chi connectivity index (χ4n) is 2.40. The van der Waals surface area contributed by atoms with Gasteiger partial charge in [-0.3, -0.25) is 4.79 Å². The predicted molar refractivity (Wildman–Crippen MR) is 90.1 cm³/mol. The number of esters is 2. The van der Waals surface area contributed by atoms with Gasteiger partial charge in [0.15, 0.2) is 11.5 Å². The summed E-state index contributed by atoms with van der Waals surface area (Å²) < 4.78 is 13.8. The van der Waals surface area contributed by atoms with Crippen LogP contribution >= 0.6 is 11.5 Å². The number of H-pyrrole nitrogens is 1. The summed E-state index contributed by atoms with van der Waals surface area (Å²) in [6.07, 6.45) is 0.548. The van der Waals surface area contributed by atoms with Crippen molar-refractivity contribution in [3.8, 4) is 0 Å². The second-order valence-corrected chi connectivity index (χ2v) is 6.00. The van der Waals surface area contributed by atoms with Gasteiger partial charge in [-0.15, -0.1) is 5.10 Å². The Morgan fingerprint density at radius 2 is 1.84 bits per heavy atom. The van der Waals surface area contributed by atoms with E-state index in [0.29, 0.717) is 33.8 Å². The highest BCUT2D eigenvalue weighted by atomic mass is 32.1. The quantitative estimate of drug-likeness (QED) is 0.592. The van der Waals surface area contributed by atoms with Crippen LogP contribution in [0.5, 0.6) is 0 Å². The third-order valence-corrected chi connectivity index (χ3v) is 4.35. The van der Waals surface area contributed by atoms with Gasteiger partial charge in [0.2, 0.25) is 5.78 Å². The normalized spacial score (nSPS) is 10.6. The van der Waals surface area contributed by atoms with Crippen LogP contribution in [0.3, 0.4) is 0 Å². The van der Waals surface area contributed by atoms with Crippen LogP contribution < -0.4 is 0 Å². The third kappa shape index (κ3) is 3.93. The first-order valence-corrected chi connectivity index (χ1v) is 8.55. The summed E-state index contributed by atoms with van der Waals surface area (Å²) in [4.78, 5) is 39.5. The highest BCUT2D eigenvalue weighted by molar-refractivity contribution is 7.07. The summed E-state index contributed by atoms with van der Waals surface area (Å²) in [5.41, 5.74) is 2.11. The van der Waals surface area contributed by atoms with Crippen LogP contribution in [0.25, 0.3) is 0 Å². The molecule has 1 N–H and O–H groups in total. The smallest absolute Gasteiger partial charge is 0.352 e. The van der Waals surface area contributed by atoms with E-state index < -0.39 is 24.3 Å². The number of aromatic amines is 1. The molecule has 0 aliphatic heterocycles. The van der Waals surface area contributed by atoms with Gasteiger partial charge in [0.05, 0.1) is 23.6 Å². The van der Waals surface area contributed by atoms with E-state index in [-0.39, 0.29) is 12.3 Å². The van der Waals surface area contributed by atoms with Gasteiger partial charge in [0.25, 0.3) is 0 Å². The number of Topliss-reactive ketones (excluding diaryl/α,β-unsaturated/α-hetero) is 1. The summed E-state index contributed by atoms with van der Waals surface area (Å²) in [5, 5.41) is 3.83. The Bertz CT molecular complexity index is 809. The van der Waals surface area contributed by atoms with Crippen LogP contribution in [0.4, 0.5) is 0 Å². The molecule has 2 aromatic rings. The largest absolute Gasteiger partial charge is 0.462 e. The summed E-state index contributed by atoms with van der Waals surface area (Å²) in [6.45, 7) is 6.68. The van der Waals surface area contributed by atoms with E-state index in [1.807, 2.05) is 6.92 Å². The van der Waals surface area contributed by atoms with Crippen molar-refractivity contribution in [3.63, 3.8) is 0 Å². The van der Waals surface area contributed by atoms with Gasteiger partial charge in [-0.25, -0.2) is 9.59 Å². The van der Waals surface area contributed by atoms with E-state index in [1.165, 1.54) is 0 Å². The second-order valence-electron chi connectivity index (χ2n) is 5.25. The zero-order chi connectivity index (χ0) is 18.6. The fourth-order valence-corrected chi connectivity index (χ4v) is 3.05. The Morgan fingerprint density at radius 3 is 2.48 bits per heavy atom. The second kappa shape index (κ2) is 8.02. The van der Waals surface area contributed by atoms with Gasteiger partial charge in [-0.2, -0.15) is 0 Å². The zero-order valence-electron chi connectivity index (χ0n) is 14.5. The lowest BCUT2D eigenvalue weighted by molar-refractivity contribution is 0.0475. The molecule has 134 valence electrons. The number of aryl methyl sites for hydroxylation is 2. The van der Waals surface area contributed by atoms with Gasteiger partial charge < -0.3 is 14.5 Å². The summed E-state index contributed by atoms with van der Waals surface area (Å²) in [5.74, 6) is -1.56. The highest BCUT2D eigenvalue weighted by Gasteiger charge is 2.24. The fraction of sp³-hybridized carbons (Fsp3) is 0.438. The standard InChI is InChI=1S/C16H19N3O5S/c1-5-10-14(25-19-18-10)16(22)24-7-11(20)13-8(3)12(9(4)17-13)15(21)23-6-2/h17H,5-7H2,1-4H3.